The van der Waals surface area contributed by atoms with Crippen LogP contribution in [0.4, 0.5) is 5.82 Å². The minimum Gasteiger partial charge on any atom is -0.481 e. The number of ether oxygens (including phenoxy) is 2. The molecule has 0 saturated heterocycles. The Labute approximate surface area is 166 Å². The molecule has 7 heteroatoms. The fourth-order valence-electron chi connectivity index (χ4n) is 2.84. The molecule has 28 heavy (non-hydrogen) atoms. The number of benzene rings is 1. The van der Waals surface area contributed by atoms with Crippen molar-refractivity contribution in [2.75, 3.05) is 12.8 Å². The third-order valence-corrected chi connectivity index (χ3v) is 4.98. The van der Waals surface area contributed by atoms with Crippen LogP contribution in [0.1, 0.15) is 5.01 Å². The lowest BCUT2D eigenvalue weighted by Gasteiger charge is -2.13. The van der Waals surface area contributed by atoms with E-state index in [1.54, 1.807) is 31.6 Å². The van der Waals surface area contributed by atoms with Gasteiger partial charge in [-0.1, -0.05) is 41.7 Å². The standard InChI is InChI=1S/C21H18N4O2S/c1-13-25-19(14-6-4-3-5-7-14)21(28-13)27-16-10-11-23-20(22)18(16)15-8-9-17(26-2)24-12-15/h3-12H,1-2H3,(H2,22,23). The predicted octanol–water partition coefficient (Wildman–Crippen LogP) is 4.96. The van der Waals surface area contributed by atoms with E-state index in [2.05, 4.69) is 15.0 Å². The monoisotopic (exact) mass is 390 g/mol. The lowest BCUT2D eigenvalue weighted by Crippen LogP contribution is -1.98. The zero-order chi connectivity index (χ0) is 19.5. The van der Waals surface area contributed by atoms with Gasteiger partial charge in [0, 0.05) is 29.6 Å². The van der Waals surface area contributed by atoms with Gasteiger partial charge in [-0.25, -0.2) is 15.0 Å². The summed E-state index contributed by atoms with van der Waals surface area (Å²) in [6.07, 6.45) is 3.32. The molecule has 0 fully saturated rings. The van der Waals surface area contributed by atoms with Crippen LogP contribution in [0, 0.1) is 6.92 Å². The second-order valence-electron chi connectivity index (χ2n) is 6.00. The minimum absolute atomic E-state index is 0.368. The van der Waals surface area contributed by atoms with Crippen LogP contribution in [-0.4, -0.2) is 22.1 Å². The first kappa shape index (κ1) is 17.9. The summed E-state index contributed by atoms with van der Waals surface area (Å²) in [6.45, 7) is 1.96. The van der Waals surface area contributed by atoms with Crippen molar-refractivity contribution in [3.63, 3.8) is 0 Å². The van der Waals surface area contributed by atoms with E-state index < -0.39 is 0 Å². The van der Waals surface area contributed by atoms with Gasteiger partial charge < -0.3 is 15.2 Å². The van der Waals surface area contributed by atoms with E-state index in [0.29, 0.717) is 28.1 Å². The molecule has 6 nitrogen and oxygen atoms in total. The van der Waals surface area contributed by atoms with Crippen molar-refractivity contribution in [1.29, 1.82) is 0 Å². The van der Waals surface area contributed by atoms with Gasteiger partial charge in [-0.3, -0.25) is 0 Å². The summed E-state index contributed by atoms with van der Waals surface area (Å²) in [5.41, 5.74) is 9.45. The lowest BCUT2D eigenvalue weighted by atomic mass is 10.1. The summed E-state index contributed by atoms with van der Waals surface area (Å²) in [4.78, 5) is 13.1. The van der Waals surface area contributed by atoms with Gasteiger partial charge in [-0.05, 0) is 19.1 Å². The quantitative estimate of drug-likeness (QED) is 0.519. The number of hydrogen-bond donors (Lipinski definition) is 1. The predicted molar refractivity (Wildman–Crippen MR) is 111 cm³/mol. The number of aromatic nitrogens is 3. The fourth-order valence-corrected chi connectivity index (χ4v) is 3.64. The molecule has 0 aliphatic carbocycles. The van der Waals surface area contributed by atoms with E-state index in [0.717, 1.165) is 21.8 Å². The molecule has 2 N–H and O–H groups in total. The molecule has 0 radical (unpaired) electrons. The Hall–Kier alpha value is -3.45. The van der Waals surface area contributed by atoms with Crippen LogP contribution in [-0.2, 0) is 0 Å². The van der Waals surface area contributed by atoms with Crippen molar-refractivity contribution >= 4 is 17.2 Å². The summed E-state index contributed by atoms with van der Waals surface area (Å²) in [7, 11) is 1.58. The summed E-state index contributed by atoms with van der Waals surface area (Å²) in [5, 5.41) is 1.63. The number of hydrogen-bond acceptors (Lipinski definition) is 7. The molecule has 140 valence electrons. The lowest BCUT2D eigenvalue weighted by molar-refractivity contribution is 0.398. The fraction of sp³-hybridized carbons (Fsp3) is 0.0952. The Morgan fingerprint density at radius 1 is 0.964 bits per heavy atom. The SMILES string of the molecule is COc1ccc(-c2c(Oc3sc(C)nc3-c3ccccc3)ccnc2N)cn1. The van der Waals surface area contributed by atoms with Gasteiger partial charge in [-0.2, -0.15) is 0 Å². The summed E-state index contributed by atoms with van der Waals surface area (Å²) < 4.78 is 11.4. The number of anilines is 1. The van der Waals surface area contributed by atoms with Crippen LogP contribution in [0.2, 0.25) is 0 Å². The van der Waals surface area contributed by atoms with Crippen molar-refractivity contribution in [1.82, 2.24) is 15.0 Å². The first-order valence-electron chi connectivity index (χ1n) is 8.61. The van der Waals surface area contributed by atoms with Crippen molar-refractivity contribution in [2.24, 2.45) is 0 Å². The Morgan fingerprint density at radius 3 is 2.50 bits per heavy atom. The van der Waals surface area contributed by atoms with Crippen molar-refractivity contribution in [2.45, 2.75) is 6.92 Å². The number of methoxy groups -OCH3 is 1. The van der Waals surface area contributed by atoms with E-state index in [-0.39, 0.29) is 0 Å². The van der Waals surface area contributed by atoms with Crippen LogP contribution in [0.3, 0.4) is 0 Å². The average Bonchev–Trinajstić information content (AvgIpc) is 3.09. The molecular formula is C21H18N4O2S. The van der Waals surface area contributed by atoms with Crippen molar-refractivity contribution < 1.29 is 9.47 Å². The van der Waals surface area contributed by atoms with Crippen LogP contribution in [0.5, 0.6) is 16.7 Å². The maximum atomic E-state index is 6.28. The highest BCUT2D eigenvalue weighted by molar-refractivity contribution is 7.13. The Balaban J connectivity index is 1.77. The molecule has 0 spiro atoms. The topological polar surface area (TPSA) is 83.2 Å². The molecule has 4 aromatic rings. The van der Waals surface area contributed by atoms with Gasteiger partial charge in [-0.15, -0.1) is 0 Å². The van der Waals surface area contributed by atoms with Gasteiger partial charge in [0.15, 0.2) is 0 Å². The first-order valence-corrected chi connectivity index (χ1v) is 9.43. The van der Waals surface area contributed by atoms with Crippen LogP contribution >= 0.6 is 11.3 Å². The number of thiazole rings is 1. The molecule has 0 unspecified atom stereocenters. The van der Waals surface area contributed by atoms with Crippen LogP contribution in [0.25, 0.3) is 22.4 Å². The maximum Gasteiger partial charge on any atom is 0.212 e. The molecule has 3 heterocycles. The molecule has 0 atom stereocenters. The highest BCUT2D eigenvalue weighted by atomic mass is 32.1. The maximum absolute atomic E-state index is 6.28. The van der Waals surface area contributed by atoms with E-state index in [4.69, 9.17) is 15.2 Å². The third kappa shape index (κ3) is 3.52. The van der Waals surface area contributed by atoms with Crippen LogP contribution in [0.15, 0.2) is 60.9 Å². The Bertz CT molecular complexity index is 1100. The molecule has 3 aromatic heterocycles. The van der Waals surface area contributed by atoms with E-state index >= 15 is 0 Å². The summed E-state index contributed by atoms with van der Waals surface area (Å²) in [6, 6.07) is 15.4. The molecular weight excluding hydrogens is 372 g/mol. The molecule has 1 aromatic carbocycles. The smallest absolute Gasteiger partial charge is 0.212 e. The third-order valence-electron chi connectivity index (χ3n) is 4.13. The van der Waals surface area contributed by atoms with E-state index in [1.165, 1.54) is 11.3 Å². The van der Waals surface area contributed by atoms with Gasteiger partial charge in [0.05, 0.1) is 17.7 Å². The second-order valence-corrected chi connectivity index (χ2v) is 7.16. The molecule has 0 bridgehead atoms. The Morgan fingerprint density at radius 2 is 1.79 bits per heavy atom. The van der Waals surface area contributed by atoms with E-state index in [9.17, 15) is 0 Å². The number of nitrogen functional groups attached to an aromatic ring is 1. The number of nitrogens with two attached hydrogens (primary N) is 1. The van der Waals surface area contributed by atoms with Gasteiger partial charge in [0.25, 0.3) is 0 Å². The molecule has 0 saturated carbocycles. The number of aryl methyl sites for hydroxylation is 1. The number of nitrogens with zero attached hydrogens (tertiary/aromatic N) is 3. The van der Waals surface area contributed by atoms with Crippen LogP contribution < -0.4 is 15.2 Å². The zero-order valence-corrected chi connectivity index (χ0v) is 16.2. The highest BCUT2D eigenvalue weighted by Crippen LogP contribution is 2.42. The average molecular weight is 390 g/mol. The minimum atomic E-state index is 0.368. The molecule has 0 aliphatic rings. The molecule has 4 rings (SSSR count). The molecule has 0 aliphatic heterocycles. The molecule has 0 amide bonds. The van der Waals surface area contributed by atoms with Gasteiger partial charge in [0.1, 0.15) is 17.3 Å². The first-order chi connectivity index (χ1) is 13.7. The summed E-state index contributed by atoms with van der Waals surface area (Å²) >= 11 is 1.49. The zero-order valence-electron chi connectivity index (χ0n) is 15.4. The van der Waals surface area contributed by atoms with Gasteiger partial charge in [0.2, 0.25) is 10.9 Å². The van der Waals surface area contributed by atoms with Crippen molar-refractivity contribution in [3.05, 3.63) is 65.9 Å². The van der Waals surface area contributed by atoms with E-state index in [1.807, 2.05) is 43.3 Å². The second kappa shape index (κ2) is 7.66. The van der Waals surface area contributed by atoms with Crippen molar-refractivity contribution in [3.8, 4) is 39.1 Å². The highest BCUT2D eigenvalue weighted by Gasteiger charge is 2.18. The normalized spacial score (nSPS) is 10.6. The number of pyridine rings is 2. The number of rotatable bonds is 5. The van der Waals surface area contributed by atoms with Gasteiger partial charge >= 0.3 is 0 Å². The summed E-state index contributed by atoms with van der Waals surface area (Å²) in [5.74, 6) is 1.49. The largest absolute Gasteiger partial charge is 0.481 e. The Kier molecular flexibility index (Phi) is 4.90.